The van der Waals surface area contributed by atoms with E-state index in [9.17, 15) is 9.59 Å². The summed E-state index contributed by atoms with van der Waals surface area (Å²) >= 11 is 0. The molecule has 0 radical (unpaired) electrons. The number of carboxylic acids is 1. The smallest absolute Gasteiger partial charge is 0.394 e. The maximum absolute atomic E-state index is 10.1. The molecule has 0 aliphatic rings. The van der Waals surface area contributed by atoms with Crippen molar-refractivity contribution in [3.63, 3.8) is 0 Å². The quantitative estimate of drug-likeness (QED) is 0.366. The van der Waals surface area contributed by atoms with E-state index in [0.717, 1.165) is 0 Å². The molecule has 0 saturated heterocycles. The van der Waals surface area contributed by atoms with Crippen LogP contribution in [-0.2, 0) is 14.3 Å². The largest absolute Gasteiger partial charge is 0.474 e. The van der Waals surface area contributed by atoms with Crippen LogP contribution in [0.25, 0.3) is 0 Å². The summed E-state index contributed by atoms with van der Waals surface area (Å²) in [5, 5.41) is 9.91. The maximum Gasteiger partial charge on any atom is 0.394 e. The van der Waals surface area contributed by atoms with Gasteiger partial charge in [-0.25, -0.2) is 4.79 Å². The summed E-state index contributed by atoms with van der Waals surface area (Å²) in [6.45, 7) is -0.0782. The molecule has 0 aromatic heterocycles. The van der Waals surface area contributed by atoms with Crippen LogP contribution in [-0.4, -0.2) is 30.8 Å². The predicted molar refractivity (Wildman–Crippen MR) is 27.7 cm³/mol. The minimum absolute atomic E-state index is 0.0782. The van der Waals surface area contributed by atoms with Crippen LogP contribution in [0.2, 0.25) is 0 Å². The van der Waals surface area contributed by atoms with Crippen molar-refractivity contribution in [3.8, 4) is 0 Å². The Kier molecular flexibility index (Phi) is 3.38. The van der Waals surface area contributed by atoms with Crippen LogP contribution in [0, 0.1) is 0 Å². The summed E-state index contributed by atoms with van der Waals surface area (Å²) in [7, 11) is 1.35. The molecular weight excluding hydrogens is 126 g/mol. The van der Waals surface area contributed by atoms with Gasteiger partial charge in [-0.2, -0.15) is 0 Å². The van der Waals surface area contributed by atoms with Crippen molar-refractivity contribution in [2.24, 2.45) is 0 Å². The third-order valence-electron chi connectivity index (χ3n) is 0.571. The lowest BCUT2D eigenvalue weighted by Gasteiger charge is -1.96. The number of rotatable bonds is 2. The Morgan fingerprint density at radius 3 is 2.56 bits per heavy atom. The van der Waals surface area contributed by atoms with Crippen molar-refractivity contribution in [2.45, 2.75) is 0 Å². The second kappa shape index (κ2) is 3.85. The van der Waals surface area contributed by atoms with E-state index in [1.54, 1.807) is 0 Å². The first kappa shape index (κ1) is 7.90. The van der Waals surface area contributed by atoms with Gasteiger partial charge in [-0.15, -0.1) is 0 Å². The summed E-state index contributed by atoms with van der Waals surface area (Å²) in [5.41, 5.74) is 0. The van der Waals surface area contributed by atoms with E-state index in [2.05, 4.69) is 4.74 Å². The molecule has 9 heavy (non-hydrogen) atoms. The molecule has 2 N–H and O–H groups in total. The molecule has 5 heteroatoms. The zero-order chi connectivity index (χ0) is 7.28. The number of aliphatic carboxylic acids is 1. The normalized spacial score (nSPS) is 8.56. The number of carbonyl (C=O) groups excluding carboxylic acids is 1. The number of ether oxygens (including phenoxy) is 1. The molecular formula is C4H7NO4. The lowest BCUT2D eigenvalue weighted by molar-refractivity contribution is -0.150. The van der Waals surface area contributed by atoms with Gasteiger partial charge in [0.2, 0.25) is 0 Å². The molecule has 0 atom stereocenters. The van der Waals surface area contributed by atoms with E-state index in [4.69, 9.17) is 5.11 Å². The van der Waals surface area contributed by atoms with Crippen molar-refractivity contribution in [2.75, 3.05) is 13.8 Å². The minimum Gasteiger partial charge on any atom is -0.474 e. The molecule has 52 valence electrons. The average Bonchev–Trinajstić information content (AvgIpc) is 1.82. The van der Waals surface area contributed by atoms with Crippen molar-refractivity contribution in [1.82, 2.24) is 5.32 Å². The fourth-order valence-corrected chi connectivity index (χ4v) is 0.213. The standard InChI is InChI=1S/C4H7NO4/c1-9-2-5-3(6)4(7)8/h2H2,1H3,(H,5,6)(H,7,8). The Morgan fingerprint density at radius 1 is 1.67 bits per heavy atom. The molecule has 5 nitrogen and oxygen atoms in total. The summed E-state index contributed by atoms with van der Waals surface area (Å²) < 4.78 is 4.37. The summed E-state index contributed by atoms with van der Waals surface area (Å²) in [4.78, 5) is 19.8. The number of hydrogen-bond donors (Lipinski definition) is 2. The zero-order valence-electron chi connectivity index (χ0n) is 4.88. The Morgan fingerprint density at radius 2 is 2.22 bits per heavy atom. The lowest BCUT2D eigenvalue weighted by atomic mass is 10.6. The molecule has 0 aromatic rings. The molecule has 0 fully saturated rings. The van der Waals surface area contributed by atoms with Crippen molar-refractivity contribution in [3.05, 3.63) is 0 Å². The second-order valence-corrected chi connectivity index (χ2v) is 1.24. The second-order valence-electron chi connectivity index (χ2n) is 1.24. The van der Waals surface area contributed by atoms with E-state index in [1.165, 1.54) is 7.11 Å². The number of carboxylic acid groups (broad SMARTS) is 1. The van der Waals surface area contributed by atoms with E-state index >= 15 is 0 Å². The van der Waals surface area contributed by atoms with Crippen LogP contribution in [0.4, 0.5) is 0 Å². The molecule has 0 bridgehead atoms. The molecule has 1 amide bonds. The molecule has 0 rings (SSSR count). The monoisotopic (exact) mass is 133 g/mol. The fraction of sp³-hybridized carbons (Fsp3) is 0.500. The van der Waals surface area contributed by atoms with Crippen LogP contribution in [0.15, 0.2) is 0 Å². The van der Waals surface area contributed by atoms with Gasteiger partial charge >= 0.3 is 11.9 Å². The van der Waals surface area contributed by atoms with E-state index in [1.807, 2.05) is 5.32 Å². The number of amides is 1. The van der Waals surface area contributed by atoms with Gasteiger partial charge in [0.05, 0.1) is 0 Å². The molecule has 0 aliphatic carbocycles. The zero-order valence-corrected chi connectivity index (χ0v) is 4.88. The van der Waals surface area contributed by atoms with Gasteiger partial charge in [0.15, 0.2) is 0 Å². The first-order valence-electron chi connectivity index (χ1n) is 2.18. The summed E-state index contributed by atoms with van der Waals surface area (Å²) in [5.74, 6) is -2.57. The first-order chi connectivity index (χ1) is 4.18. The molecule has 0 saturated carbocycles. The Balaban J connectivity index is 3.39. The minimum atomic E-state index is -1.51. The van der Waals surface area contributed by atoms with Crippen LogP contribution >= 0.6 is 0 Å². The van der Waals surface area contributed by atoms with E-state index < -0.39 is 11.9 Å². The number of nitrogens with one attached hydrogen (secondary N) is 1. The Labute approximate surface area is 51.6 Å². The topological polar surface area (TPSA) is 75.6 Å². The molecule has 0 heterocycles. The van der Waals surface area contributed by atoms with Gasteiger partial charge in [0.1, 0.15) is 6.73 Å². The van der Waals surface area contributed by atoms with Gasteiger partial charge in [0.25, 0.3) is 0 Å². The Hall–Kier alpha value is -1.10. The maximum atomic E-state index is 10.1. The van der Waals surface area contributed by atoms with Crippen LogP contribution in [0.5, 0.6) is 0 Å². The molecule has 0 aliphatic heterocycles. The SMILES string of the molecule is COCNC(=O)C(=O)O. The highest BCUT2D eigenvalue weighted by Gasteiger charge is 2.07. The first-order valence-corrected chi connectivity index (χ1v) is 2.18. The number of hydrogen-bond acceptors (Lipinski definition) is 3. The highest BCUT2D eigenvalue weighted by molar-refractivity contribution is 6.31. The van der Waals surface area contributed by atoms with Gasteiger partial charge in [-0.1, -0.05) is 0 Å². The van der Waals surface area contributed by atoms with Gasteiger partial charge in [-0.3, -0.25) is 4.79 Å². The van der Waals surface area contributed by atoms with Crippen molar-refractivity contribution >= 4 is 11.9 Å². The lowest BCUT2D eigenvalue weighted by Crippen LogP contribution is -2.31. The highest BCUT2D eigenvalue weighted by Crippen LogP contribution is 1.65. The van der Waals surface area contributed by atoms with Gasteiger partial charge in [-0.05, 0) is 0 Å². The predicted octanol–water partition coefficient (Wildman–Crippen LogP) is -1.21. The van der Waals surface area contributed by atoms with E-state index in [-0.39, 0.29) is 6.73 Å². The third kappa shape index (κ3) is 3.48. The number of carbonyl (C=O) groups is 2. The van der Waals surface area contributed by atoms with E-state index in [0.29, 0.717) is 0 Å². The summed E-state index contributed by atoms with van der Waals surface area (Å²) in [6, 6.07) is 0. The third-order valence-corrected chi connectivity index (χ3v) is 0.571. The van der Waals surface area contributed by atoms with Gasteiger partial charge < -0.3 is 15.2 Å². The fourth-order valence-electron chi connectivity index (χ4n) is 0.213. The van der Waals surface area contributed by atoms with Crippen molar-refractivity contribution < 1.29 is 19.4 Å². The number of methoxy groups -OCH3 is 1. The van der Waals surface area contributed by atoms with Crippen LogP contribution < -0.4 is 5.32 Å². The molecule has 0 spiro atoms. The van der Waals surface area contributed by atoms with Crippen molar-refractivity contribution in [1.29, 1.82) is 0 Å². The highest BCUT2D eigenvalue weighted by atomic mass is 16.5. The summed E-state index contributed by atoms with van der Waals surface area (Å²) in [6.07, 6.45) is 0. The average molecular weight is 133 g/mol. The molecule has 0 unspecified atom stereocenters. The molecule has 0 aromatic carbocycles. The van der Waals surface area contributed by atoms with Crippen LogP contribution in [0.1, 0.15) is 0 Å². The Bertz CT molecular complexity index is 122. The van der Waals surface area contributed by atoms with Gasteiger partial charge in [0, 0.05) is 7.11 Å². The van der Waals surface area contributed by atoms with Crippen LogP contribution in [0.3, 0.4) is 0 Å².